The van der Waals surface area contributed by atoms with Crippen molar-refractivity contribution in [1.29, 1.82) is 0 Å². The Morgan fingerprint density at radius 2 is 2.23 bits per heavy atom. The van der Waals surface area contributed by atoms with Crippen LogP contribution in [0, 0.1) is 11.8 Å². The van der Waals surface area contributed by atoms with Crippen molar-refractivity contribution in [2.45, 2.75) is 45.6 Å². The van der Waals surface area contributed by atoms with Crippen LogP contribution in [-0.2, 0) is 11.3 Å². The van der Waals surface area contributed by atoms with Crippen LogP contribution in [0.4, 0.5) is 0 Å². The second-order valence-electron chi connectivity index (χ2n) is 6.15. The number of halogens is 1. The summed E-state index contributed by atoms with van der Waals surface area (Å²) >= 11 is 0. The van der Waals surface area contributed by atoms with Crippen LogP contribution in [-0.4, -0.2) is 24.0 Å². The van der Waals surface area contributed by atoms with Gasteiger partial charge in [0, 0.05) is 31.4 Å². The second kappa shape index (κ2) is 10.6. The first kappa shape index (κ1) is 18.9. The van der Waals surface area contributed by atoms with E-state index in [9.17, 15) is 4.79 Å². The van der Waals surface area contributed by atoms with Crippen LogP contribution in [0.2, 0.25) is 0 Å². The summed E-state index contributed by atoms with van der Waals surface area (Å²) in [7, 11) is 0. The maximum absolute atomic E-state index is 12.1. The summed E-state index contributed by atoms with van der Waals surface area (Å²) in [5.74, 6) is 1.21. The van der Waals surface area contributed by atoms with Crippen LogP contribution in [0.1, 0.15) is 44.6 Å². The average Bonchev–Trinajstić information content (AvgIpc) is 2.51. The fourth-order valence-electron chi connectivity index (χ4n) is 2.98. The highest BCUT2D eigenvalue weighted by molar-refractivity contribution is 5.85. The maximum Gasteiger partial charge on any atom is 0.223 e. The molecule has 0 bridgehead atoms. The third-order valence-corrected chi connectivity index (χ3v) is 4.19. The van der Waals surface area contributed by atoms with Gasteiger partial charge in [-0.1, -0.05) is 25.8 Å². The van der Waals surface area contributed by atoms with E-state index >= 15 is 0 Å². The summed E-state index contributed by atoms with van der Waals surface area (Å²) in [6.45, 7) is 4.77. The van der Waals surface area contributed by atoms with Gasteiger partial charge in [0.15, 0.2) is 0 Å². The molecule has 1 aliphatic carbocycles. The molecule has 0 aromatic carbocycles. The lowest BCUT2D eigenvalue weighted by molar-refractivity contribution is -0.126. The Kier molecular flexibility index (Phi) is 9.09. The summed E-state index contributed by atoms with van der Waals surface area (Å²) in [5, 5.41) is 6.45. The Hall–Kier alpha value is -1.13. The zero-order chi connectivity index (χ0) is 14.9. The van der Waals surface area contributed by atoms with Crippen LogP contribution < -0.4 is 10.6 Å². The maximum atomic E-state index is 12.1. The molecule has 124 valence electrons. The van der Waals surface area contributed by atoms with Gasteiger partial charge in [-0.15, -0.1) is 12.4 Å². The molecule has 1 aromatic rings. The number of aromatic nitrogens is 1. The number of nitrogens with zero attached hydrogens (tertiary/aromatic N) is 1. The van der Waals surface area contributed by atoms with Gasteiger partial charge in [0.05, 0.1) is 0 Å². The van der Waals surface area contributed by atoms with Gasteiger partial charge >= 0.3 is 0 Å². The van der Waals surface area contributed by atoms with E-state index in [1.54, 1.807) is 6.20 Å². The van der Waals surface area contributed by atoms with Crippen LogP contribution in [0.25, 0.3) is 0 Å². The molecule has 1 saturated carbocycles. The predicted molar refractivity (Wildman–Crippen MR) is 91.9 cm³/mol. The Morgan fingerprint density at radius 3 is 2.95 bits per heavy atom. The van der Waals surface area contributed by atoms with E-state index in [4.69, 9.17) is 0 Å². The SMILES string of the molecule is CC1CCCC(C(=O)NCCCNCc2cccnc2)C1.Cl. The van der Waals surface area contributed by atoms with Crippen molar-refractivity contribution in [3.05, 3.63) is 30.1 Å². The summed E-state index contributed by atoms with van der Waals surface area (Å²) < 4.78 is 0. The van der Waals surface area contributed by atoms with E-state index in [1.807, 2.05) is 12.3 Å². The van der Waals surface area contributed by atoms with Crippen molar-refractivity contribution in [2.75, 3.05) is 13.1 Å². The minimum atomic E-state index is 0. The first-order valence-electron chi connectivity index (χ1n) is 8.13. The summed E-state index contributed by atoms with van der Waals surface area (Å²) in [6.07, 6.45) is 9.23. The molecule has 0 radical (unpaired) electrons. The molecule has 1 amide bonds. The molecule has 22 heavy (non-hydrogen) atoms. The van der Waals surface area contributed by atoms with Gasteiger partial charge in [0.25, 0.3) is 0 Å². The van der Waals surface area contributed by atoms with Gasteiger partial charge in [-0.2, -0.15) is 0 Å². The van der Waals surface area contributed by atoms with E-state index in [0.29, 0.717) is 5.92 Å². The molecule has 1 heterocycles. The fourth-order valence-corrected chi connectivity index (χ4v) is 2.98. The standard InChI is InChI=1S/C17H27N3O.ClH/c1-14-5-2-7-16(11-14)17(21)20-10-4-9-19-13-15-6-3-8-18-12-15;/h3,6,8,12,14,16,19H,2,4-5,7,9-11,13H2,1H3,(H,20,21);1H. The monoisotopic (exact) mass is 325 g/mol. The lowest BCUT2D eigenvalue weighted by Gasteiger charge is -2.25. The topological polar surface area (TPSA) is 54.0 Å². The number of nitrogens with one attached hydrogen (secondary N) is 2. The van der Waals surface area contributed by atoms with E-state index in [-0.39, 0.29) is 24.2 Å². The zero-order valence-electron chi connectivity index (χ0n) is 13.4. The van der Waals surface area contributed by atoms with Crippen LogP contribution >= 0.6 is 12.4 Å². The molecule has 2 atom stereocenters. The van der Waals surface area contributed by atoms with Crippen LogP contribution in [0.5, 0.6) is 0 Å². The molecule has 5 heteroatoms. The summed E-state index contributed by atoms with van der Waals surface area (Å²) in [4.78, 5) is 16.1. The molecule has 2 N–H and O–H groups in total. The Labute approximate surface area is 139 Å². The van der Waals surface area contributed by atoms with Gasteiger partial charge in [-0.25, -0.2) is 0 Å². The number of hydrogen-bond donors (Lipinski definition) is 2. The van der Waals surface area contributed by atoms with Gasteiger partial charge in [-0.3, -0.25) is 9.78 Å². The fraction of sp³-hybridized carbons (Fsp3) is 0.647. The lowest BCUT2D eigenvalue weighted by Crippen LogP contribution is -2.34. The molecule has 4 nitrogen and oxygen atoms in total. The van der Waals surface area contributed by atoms with Gasteiger partial charge in [0.2, 0.25) is 5.91 Å². The highest BCUT2D eigenvalue weighted by Gasteiger charge is 2.24. The van der Waals surface area contributed by atoms with E-state index in [1.165, 1.54) is 18.4 Å². The Bertz CT molecular complexity index is 427. The smallest absolute Gasteiger partial charge is 0.223 e. The van der Waals surface area contributed by atoms with Crippen LogP contribution in [0.3, 0.4) is 0 Å². The molecule has 1 aromatic heterocycles. The Balaban J connectivity index is 0.00000242. The predicted octanol–water partition coefficient (Wildman–Crippen LogP) is 2.93. The zero-order valence-corrected chi connectivity index (χ0v) is 14.2. The van der Waals surface area contributed by atoms with Crippen molar-refractivity contribution in [1.82, 2.24) is 15.6 Å². The van der Waals surface area contributed by atoms with E-state index in [2.05, 4.69) is 28.6 Å². The number of carbonyl (C=O) groups excluding carboxylic acids is 1. The lowest BCUT2D eigenvalue weighted by atomic mass is 9.82. The second-order valence-corrected chi connectivity index (χ2v) is 6.15. The van der Waals surface area contributed by atoms with E-state index in [0.717, 1.165) is 38.9 Å². The molecular weight excluding hydrogens is 298 g/mol. The van der Waals surface area contributed by atoms with Crippen molar-refractivity contribution in [3.63, 3.8) is 0 Å². The number of carbonyl (C=O) groups is 1. The average molecular weight is 326 g/mol. The van der Waals surface area contributed by atoms with Crippen molar-refractivity contribution >= 4 is 18.3 Å². The number of hydrogen-bond acceptors (Lipinski definition) is 3. The molecule has 2 rings (SSSR count). The molecule has 0 spiro atoms. The summed E-state index contributed by atoms with van der Waals surface area (Å²) in [6, 6.07) is 4.01. The van der Waals surface area contributed by atoms with Crippen LogP contribution in [0.15, 0.2) is 24.5 Å². The van der Waals surface area contributed by atoms with Gasteiger partial charge < -0.3 is 10.6 Å². The van der Waals surface area contributed by atoms with Crippen molar-refractivity contribution in [3.8, 4) is 0 Å². The normalized spacial score (nSPS) is 21.0. The van der Waals surface area contributed by atoms with Gasteiger partial charge in [-0.05, 0) is 43.4 Å². The van der Waals surface area contributed by atoms with Crippen molar-refractivity contribution in [2.24, 2.45) is 11.8 Å². The molecule has 2 unspecified atom stereocenters. The molecule has 0 aliphatic heterocycles. The minimum absolute atomic E-state index is 0. The summed E-state index contributed by atoms with van der Waals surface area (Å²) in [5.41, 5.74) is 1.19. The third kappa shape index (κ3) is 6.75. The van der Waals surface area contributed by atoms with E-state index < -0.39 is 0 Å². The molecule has 1 fully saturated rings. The number of amides is 1. The highest BCUT2D eigenvalue weighted by atomic mass is 35.5. The first-order valence-corrected chi connectivity index (χ1v) is 8.13. The quantitative estimate of drug-likeness (QED) is 0.758. The molecule has 0 saturated heterocycles. The molecular formula is C17H28ClN3O. The number of rotatable bonds is 7. The largest absolute Gasteiger partial charge is 0.356 e. The van der Waals surface area contributed by atoms with Crippen molar-refractivity contribution < 1.29 is 4.79 Å². The number of pyridine rings is 1. The first-order chi connectivity index (χ1) is 10.3. The minimum Gasteiger partial charge on any atom is -0.356 e. The molecule has 1 aliphatic rings. The highest BCUT2D eigenvalue weighted by Crippen LogP contribution is 2.28. The third-order valence-electron chi connectivity index (χ3n) is 4.19. The van der Waals surface area contributed by atoms with Gasteiger partial charge in [0.1, 0.15) is 0 Å². The Morgan fingerprint density at radius 1 is 1.36 bits per heavy atom.